The highest BCUT2D eigenvalue weighted by Crippen LogP contribution is 2.30. The maximum Gasteiger partial charge on any atom is 0.168 e. The molecule has 0 unspecified atom stereocenters. The summed E-state index contributed by atoms with van der Waals surface area (Å²) in [5.41, 5.74) is 0.309. The van der Waals surface area contributed by atoms with Gasteiger partial charge in [0, 0.05) is 0 Å². The van der Waals surface area contributed by atoms with Crippen molar-refractivity contribution >= 4 is 5.78 Å². The monoisotopic (exact) mass is 208 g/mol. The lowest BCUT2D eigenvalue weighted by molar-refractivity contribution is 0.101. The molecule has 1 aromatic carbocycles. The molecule has 0 atom stereocenters. The van der Waals surface area contributed by atoms with Crippen molar-refractivity contribution in [2.24, 2.45) is 0 Å². The van der Waals surface area contributed by atoms with Crippen LogP contribution in [0.2, 0.25) is 0 Å². The largest absolute Gasteiger partial charge is 0.504 e. The number of phenols is 1. The summed E-state index contributed by atoms with van der Waals surface area (Å²) >= 11 is 0. The fourth-order valence-corrected chi connectivity index (χ4v) is 1.25. The smallest absolute Gasteiger partial charge is 0.168 e. The number of hydrogen-bond acceptors (Lipinski definition) is 3. The quantitative estimate of drug-likeness (QED) is 0.597. The summed E-state index contributed by atoms with van der Waals surface area (Å²) in [6.45, 7) is 4.05. The number of ketones is 1. The third-order valence-electron chi connectivity index (χ3n) is 2.13. The zero-order chi connectivity index (χ0) is 11.3. The van der Waals surface area contributed by atoms with Crippen LogP contribution in [-0.4, -0.2) is 17.5 Å². The van der Waals surface area contributed by atoms with Gasteiger partial charge in [0.05, 0.1) is 12.2 Å². The first-order valence-electron chi connectivity index (χ1n) is 5.12. The Morgan fingerprint density at radius 3 is 2.80 bits per heavy atom. The van der Waals surface area contributed by atoms with Crippen molar-refractivity contribution in [2.75, 3.05) is 6.61 Å². The first-order valence-corrected chi connectivity index (χ1v) is 5.12. The van der Waals surface area contributed by atoms with Gasteiger partial charge in [-0.25, -0.2) is 0 Å². The van der Waals surface area contributed by atoms with Crippen LogP contribution in [0.15, 0.2) is 18.2 Å². The number of para-hydroxylation sites is 1. The van der Waals surface area contributed by atoms with E-state index < -0.39 is 0 Å². The Hall–Kier alpha value is -1.51. The molecule has 0 bridgehead atoms. The zero-order valence-corrected chi connectivity index (χ0v) is 9.12. The van der Waals surface area contributed by atoms with Crippen LogP contribution in [0.25, 0.3) is 0 Å². The number of aromatic hydroxyl groups is 1. The minimum absolute atomic E-state index is 0.0545. The number of Topliss-reactive ketones (excluding diaryl/α,β-unsaturated/α-hetero) is 1. The molecule has 3 nitrogen and oxygen atoms in total. The van der Waals surface area contributed by atoms with Crippen LogP contribution in [0, 0.1) is 0 Å². The number of hydrogen-bond donors (Lipinski definition) is 1. The molecule has 0 aliphatic carbocycles. The highest BCUT2D eigenvalue weighted by Gasteiger charge is 2.10. The molecule has 1 rings (SSSR count). The van der Waals surface area contributed by atoms with E-state index in [1.165, 1.54) is 6.92 Å². The normalized spacial score (nSPS) is 10.0. The lowest BCUT2D eigenvalue weighted by Crippen LogP contribution is -1.99. The van der Waals surface area contributed by atoms with Gasteiger partial charge in [0.25, 0.3) is 0 Å². The van der Waals surface area contributed by atoms with E-state index >= 15 is 0 Å². The van der Waals surface area contributed by atoms with Gasteiger partial charge in [0.2, 0.25) is 0 Å². The lowest BCUT2D eigenvalue weighted by atomic mass is 10.1. The van der Waals surface area contributed by atoms with Crippen LogP contribution < -0.4 is 4.74 Å². The third kappa shape index (κ3) is 2.98. The van der Waals surface area contributed by atoms with Gasteiger partial charge in [-0.1, -0.05) is 19.4 Å². The van der Waals surface area contributed by atoms with Crippen LogP contribution >= 0.6 is 0 Å². The molecule has 0 heterocycles. The van der Waals surface area contributed by atoms with Crippen molar-refractivity contribution in [1.29, 1.82) is 0 Å². The van der Waals surface area contributed by atoms with E-state index in [0.29, 0.717) is 17.9 Å². The number of unbranched alkanes of at least 4 members (excludes halogenated alkanes) is 1. The summed E-state index contributed by atoms with van der Waals surface area (Å²) in [5.74, 6) is 0.172. The zero-order valence-electron chi connectivity index (χ0n) is 9.12. The topological polar surface area (TPSA) is 46.5 Å². The van der Waals surface area contributed by atoms with E-state index in [4.69, 9.17) is 4.74 Å². The van der Waals surface area contributed by atoms with Gasteiger partial charge in [-0.15, -0.1) is 0 Å². The first-order chi connectivity index (χ1) is 7.16. The van der Waals surface area contributed by atoms with Crippen molar-refractivity contribution in [3.05, 3.63) is 23.8 Å². The van der Waals surface area contributed by atoms with Gasteiger partial charge in [-0.3, -0.25) is 4.79 Å². The van der Waals surface area contributed by atoms with Crippen molar-refractivity contribution in [3.8, 4) is 11.5 Å². The molecule has 1 N–H and O–H groups in total. The second-order valence-electron chi connectivity index (χ2n) is 3.41. The maximum atomic E-state index is 11.1. The van der Waals surface area contributed by atoms with Crippen molar-refractivity contribution in [1.82, 2.24) is 0 Å². The standard InChI is InChI=1S/C12H16O3/c1-3-4-8-15-11-7-5-6-10(9(2)13)12(11)14/h5-7,14H,3-4,8H2,1-2H3. The number of carbonyl (C=O) groups is 1. The molecule has 0 spiro atoms. The van der Waals surface area contributed by atoms with Crippen LogP contribution in [-0.2, 0) is 0 Å². The summed E-state index contributed by atoms with van der Waals surface area (Å²) in [6.07, 6.45) is 1.97. The van der Waals surface area contributed by atoms with Crippen molar-refractivity contribution < 1.29 is 14.6 Å². The van der Waals surface area contributed by atoms with Gasteiger partial charge >= 0.3 is 0 Å². The Kier molecular flexibility index (Phi) is 4.16. The van der Waals surface area contributed by atoms with E-state index in [9.17, 15) is 9.90 Å². The van der Waals surface area contributed by atoms with Crippen molar-refractivity contribution in [2.45, 2.75) is 26.7 Å². The average Bonchev–Trinajstić information content (AvgIpc) is 2.20. The molecule has 0 aromatic heterocycles. The molecule has 0 aliphatic heterocycles. The predicted octanol–water partition coefficient (Wildman–Crippen LogP) is 2.77. The van der Waals surface area contributed by atoms with Gasteiger partial charge in [-0.2, -0.15) is 0 Å². The Labute approximate surface area is 89.7 Å². The summed E-state index contributed by atoms with van der Waals surface area (Å²) in [7, 11) is 0. The number of ether oxygens (including phenoxy) is 1. The molecule has 0 aliphatic rings. The summed E-state index contributed by atoms with van der Waals surface area (Å²) in [6, 6.07) is 4.96. The fraction of sp³-hybridized carbons (Fsp3) is 0.417. The molecule has 0 radical (unpaired) electrons. The van der Waals surface area contributed by atoms with E-state index in [-0.39, 0.29) is 11.5 Å². The molecule has 0 saturated heterocycles. The van der Waals surface area contributed by atoms with Gasteiger partial charge in [0.15, 0.2) is 17.3 Å². The van der Waals surface area contributed by atoms with E-state index in [2.05, 4.69) is 6.92 Å². The van der Waals surface area contributed by atoms with Crippen LogP contribution in [0.3, 0.4) is 0 Å². The number of phenolic OH excluding ortho intramolecular Hbond substituents is 1. The van der Waals surface area contributed by atoms with Crippen molar-refractivity contribution in [3.63, 3.8) is 0 Å². The van der Waals surface area contributed by atoms with Crippen LogP contribution in [0.4, 0.5) is 0 Å². The Balaban J connectivity index is 2.80. The SMILES string of the molecule is CCCCOc1cccc(C(C)=O)c1O. The summed E-state index contributed by atoms with van der Waals surface area (Å²) in [5, 5.41) is 9.71. The molecule has 3 heteroatoms. The molecule has 0 saturated carbocycles. The fourth-order valence-electron chi connectivity index (χ4n) is 1.25. The Bertz CT molecular complexity index is 345. The second kappa shape index (κ2) is 5.39. The number of rotatable bonds is 5. The summed E-state index contributed by atoms with van der Waals surface area (Å²) < 4.78 is 5.37. The highest BCUT2D eigenvalue weighted by atomic mass is 16.5. The summed E-state index contributed by atoms with van der Waals surface area (Å²) in [4.78, 5) is 11.1. The van der Waals surface area contributed by atoms with Crippen LogP contribution in [0.1, 0.15) is 37.0 Å². The van der Waals surface area contributed by atoms with Gasteiger partial charge < -0.3 is 9.84 Å². The van der Waals surface area contributed by atoms with E-state index in [1.807, 2.05) is 0 Å². The Morgan fingerprint density at radius 1 is 1.47 bits per heavy atom. The molecular formula is C12H16O3. The van der Waals surface area contributed by atoms with Gasteiger partial charge in [0.1, 0.15) is 0 Å². The minimum Gasteiger partial charge on any atom is -0.504 e. The molecule has 0 fully saturated rings. The van der Waals surface area contributed by atoms with E-state index in [0.717, 1.165) is 12.8 Å². The average molecular weight is 208 g/mol. The molecule has 82 valence electrons. The molecular weight excluding hydrogens is 192 g/mol. The molecule has 0 amide bonds. The molecule has 15 heavy (non-hydrogen) atoms. The molecule has 1 aromatic rings. The highest BCUT2D eigenvalue weighted by molar-refractivity contribution is 5.97. The first kappa shape index (κ1) is 11.6. The van der Waals surface area contributed by atoms with E-state index in [1.54, 1.807) is 18.2 Å². The Morgan fingerprint density at radius 2 is 2.20 bits per heavy atom. The van der Waals surface area contributed by atoms with Gasteiger partial charge in [-0.05, 0) is 25.5 Å². The van der Waals surface area contributed by atoms with Crippen LogP contribution in [0.5, 0.6) is 11.5 Å². The third-order valence-corrected chi connectivity index (χ3v) is 2.13. The second-order valence-corrected chi connectivity index (χ2v) is 3.41. The maximum absolute atomic E-state index is 11.1. The lowest BCUT2D eigenvalue weighted by Gasteiger charge is -2.09. The number of benzene rings is 1. The number of carbonyl (C=O) groups excluding carboxylic acids is 1. The minimum atomic E-state index is -0.159. The predicted molar refractivity (Wildman–Crippen MR) is 58.5 cm³/mol.